The number of likely N-dealkylation sites (tertiary alicyclic amines) is 1. The van der Waals surface area contributed by atoms with Crippen LogP contribution < -0.4 is 0 Å². The number of carbonyl (C=O) groups excluding carboxylic acids is 1. The van der Waals surface area contributed by atoms with Crippen molar-refractivity contribution in [3.63, 3.8) is 0 Å². The van der Waals surface area contributed by atoms with E-state index < -0.39 is 0 Å². The summed E-state index contributed by atoms with van der Waals surface area (Å²) in [6.07, 6.45) is 0.364. The van der Waals surface area contributed by atoms with Crippen LogP contribution in [0.5, 0.6) is 0 Å². The quantitative estimate of drug-likeness (QED) is 0.658. The molecule has 1 aliphatic rings. The van der Waals surface area contributed by atoms with Crippen LogP contribution in [0.4, 0.5) is 0 Å². The number of amides is 1. The van der Waals surface area contributed by atoms with Crippen LogP contribution in [-0.4, -0.2) is 27.5 Å². The van der Waals surface area contributed by atoms with Crippen molar-refractivity contribution in [3.8, 4) is 11.4 Å². The largest absolute Gasteiger partial charge is 0.339 e. The second-order valence-electron chi connectivity index (χ2n) is 6.27. The Kier molecular flexibility index (Phi) is 4.66. The van der Waals surface area contributed by atoms with E-state index in [9.17, 15) is 4.79 Å². The zero-order valence-corrected chi connectivity index (χ0v) is 15.2. The van der Waals surface area contributed by atoms with Gasteiger partial charge in [-0.15, -0.1) is 0 Å². The fraction of sp³-hybridized carbons (Fsp3) is 0.211. The number of halogens is 2. The van der Waals surface area contributed by atoms with Gasteiger partial charge in [-0.3, -0.25) is 4.79 Å². The summed E-state index contributed by atoms with van der Waals surface area (Å²) in [5.41, 5.74) is 1.82. The van der Waals surface area contributed by atoms with Crippen molar-refractivity contribution >= 4 is 29.1 Å². The van der Waals surface area contributed by atoms with E-state index in [1.54, 1.807) is 17.0 Å². The Morgan fingerprint density at radius 1 is 1.12 bits per heavy atom. The molecule has 1 atom stereocenters. The van der Waals surface area contributed by atoms with Crippen molar-refractivity contribution in [2.75, 3.05) is 6.54 Å². The first-order valence-corrected chi connectivity index (χ1v) is 8.96. The van der Waals surface area contributed by atoms with Crippen LogP contribution in [-0.2, 0) is 11.3 Å². The van der Waals surface area contributed by atoms with Gasteiger partial charge in [0.1, 0.15) is 0 Å². The number of hydrogen-bond donors (Lipinski definition) is 0. The zero-order chi connectivity index (χ0) is 18.1. The highest BCUT2D eigenvalue weighted by Gasteiger charge is 2.34. The predicted octanol–water partition coefficient (Wildman–Crippen LogP) is 4.56. The maximum atomic E-state index is 12.3. The van der Waals surface area contributed by atoms with E-state index in [4.69, 9.17) is 27.7 Å². The van der Waals surface area contributed by atoms with Gasteiger partial charge < -0.3 is 9.42 Å². The van der Waals surface area contributed by atoms with Crippen LogP contribution in [0.25, 0.3) is 11.4 Å². The summed E-state index contributed by atoms with van der Waals surface area (Å²) >= 11 is 11.9. The van der Waals surface area contributed by atoms with E-state index in [2.05, 4.69) is 10.1 Å². The van der Waals surface area contributed by atoms with Crippen LogP contribution in [0, 0.1) is 0 Å². The molecular weight excluding hydrogens is 373 g/mol. The van der Waals surface area contributed by atoms with Crippen molar-refractivity contribution in [1.82, 2.24) is 15.0 Å². The molecule has 3 aromatic rings. The maximum Gasteiger partial charge on any atom is 0.232 e. The average molecular weight is 388 g/mol. The van der Waals surface area contributed by atoms with E-state index in [0.717, 1.165) is 11.1 Å². The molecule has 1 fully saturated rings. The van der Waals surface area contributed by atoms with Gasteiger partial charge in [-0.1, -0.05) is 40.5 Å². The number of rotatable bonds is 4. The number of benzene rings is 2. The number of aromatic nitrogens is 2. The second kappa shape index (κ2) is 7.09. The van der Waals surface area contributed by atoms with Crippen molar-refractivity contribution in [1.29, 1.82) is 0 Å². The molecule has 0 radical (unpaired) electrons. The molecule has 1 saturated heterocycles. The fourth-order valence-electron chi connectivity index (χ4n) is 3.06. The molecule has 1 amide bonds. The van der Waals surface area contributed by atoms with Crippen LogP contribution in [0.15, 0.2) is 53.1 Å². The molecule has 0 N–H and O–H groups in total. The molecule has 1 unspecified atom stereocenters. The molecule has 2 heterocycles. The van der Waals surface area contributed by atoms with E-state index in [0.29, 0.717) is 41.3 Å². The van der Waals surface area contributed by atoms with Gasteiger partial charge in [0.25, 0.3) is 0 Å². The molecule has 0 aliphatic carbocycles. The molecule has 26 heavy (non-hydrogen) atoms. The van der Waals surface area contributed by atoms with E-state index >= 15 is 0 Å². The maximum absolute atomic E-state index is 12.3. The summed E-state index contributed by atoms with van der Waals surface area (Å²) in [5.74, 6) is 0.950. The third kappa shape index (κ3) is 3.59. The first-order valence-electron chi connectivity index (χ1n) is 8.20. The third-order valence-corrected chi connectivity index (χ3v) is 4.86. The Balaban J connectivity index is 1.48. The number of carbonyl (C=O) groups is 1. The van der Waals surface area contributed by atoms with Gasteiger partial charge in [-0.05, 0) is 42.0 Å². The minimum Gasteiger partial charge on any atom is -0.339 e. The topological polar surface area (TPSA) is 59.2 Å². The first-order chi connectivity index (χ1) is 12.6. The molecule has 1 aromatic heterocycles. The Bertz CT molecular complexity index is 940. The summed E-state index contributed by atoms with van der Waals surface area (Å²) < 4.78 is 5.41. The van der Waals surface area contributed by atoms with Crippen LogP contribution in [0.3, 0.4) is 0 Å². The van der Waals surface area contributed by atoms with Gasteiger partial charge in [0.05, 0.1) is 5.92 Å². The molecule has 4 rings (SSSR count). The van der Waals surface area contributed by atoms with Gasteiger partial charge in [-0.25, -0.2) is 0 Å². The summed E-state index contributed by atoms with van der Waals surface area (Å²) in [4.78, 5) is 18.6. The SMILES string of the molecule is O=C1CC(c2nc(-c3ccc(Cl)cc3)no2)CN1Cc1cccc(Cl)c1. The second-order valence-corrected chi connectivity index (χ2v) is 7.14. The van der Waals surface area contributed by atoms with Gasteiger partial charge in [-0.2, -0.15) is 4.98 Å². The Labute approximate surface area is 160 Å². The summed E-state index contributed by atoms with van der Waals surface area (Å²) in [5, 5.41) is 5.34. The summed E-state index contributed by atoms with van der Waals surface area (Å²) in [6.45, 7) is 1.07. The highest BCUT2D eigenvalue weighted by Crippen LogP contribution is 2.30. The average Bonchev–Trinajstić information content (AvgIpc) is 3.23. The lowest BCUT2D eigenvalue weighted by atomic mass is 10.1. The van der Waals surface area contributed by atoms with E-state index in [-0.39, 0.29) is 11.8 Å². The number of hydrogen-bond acceptors (Lipinski definition) is 4. The van der Waals surface area contributed by atoms with Crippen molar-refractivity contribution in [3.05, 3.63) is 70.0 Å². The smallest absolute Gasteiger partial charge is 0.232 e. The fourth-order valence-corrected chi connectivity index (χ4v) is 3.40. The lowest BCUT2D eigenvalue weighted by Crippen LogP contribution is -2.24. The molecule has 0 saturated carbocycles. The lowest BCUT2D eigenvalue weighted by molar-refractivity contribution is -0.128. The van der Waals surface area contributed by atoms with E-state index in [1.807, 2.05) is 36.4 Å². The minimum absolute atomic E-state index is 0.0706. The zero-order valence-electron chi connectivity index (χ0n) is 13.7. The molecule has 132 valence electrons. The highest BCUT2D eigenvalue weighted by atomic mass is 35.5. The molecule has 0 bridgehead atoms. The Hall–Kier alpha value is -2.37. The molecule has 5 nitrogen and oxygen atoms in total. The van der Waals surface area contributed by atoms with Crippen molar-refractivity contribution in [2.45, 2.75) is 18.9 Å². The van der Waals surface area contributed by atoms with Gasteiger partial charge in [0.15, 0.2) is 0 Å². The summed E-state index contributed by atoms with van der Waals surface area (Å²) in [7, 11) is 0. The lowest BCUT2D eigenvalue weighted by Gasteiger charge is -2.16. The van der Waals surface area contributed by atoms with Gasteiger partial charge in [0.2, 0.25) is 17.6 Å². The monoisotopic (exact) mass is 387 g/mol. The van der Waals surface area contributed by atoms with E-state index in [1.165, 1.54) is 0 Å². The molecule has 0 spiro atoms. The normalized spacial score (nSPS) is 17.1. The van der Waals surface area contributed by atoms with Crippen molar-refractivity contribution < 1.29 is 9.32 Å². The van der Waals surface area contributed by atoms with Gasteiger partial charge >= 0.3 is 0 Å². The molecule has 2 aromatic carbocycles. The first kappa shape index (κ1) is 17.1. The van der Waals surface area contributed by atoms with Gasteiger partial charge in [0, 0.05) is 35.1 Å². The van der Waals surface area contributed by atoms with Crippen LogP contribution >= 0.6 is 23.2 Å². The molecule has 1 aliphatic heterocycles. The predicted molar refractivity (Wildman–Crippen MR) is 99.0 cm³/mol. The minimum atomic E-state index is -0.102. The highest BCUT2D eigenvalue weighted by molar-refractivity contribution is 6.30. The van der Waals surface area contributed by atoms with Crippen molar-refractivity contribution in [2.24, 2.45) is 0 Å². The summed E-state index contributed by atoms with van der Waals surface area (Å²) in [6, 6.07) is 14.7. The number of nitrogens with zero attached hydrogens (tertiary/aromatic N) is 3. The Morgan fingerprint density at radius 2 is 1.92 bits per heavy atom. The third-order valence-electron chi connectivity index (χ3n) is 4.37. The molecular formula is C19H15Cl2N3O2. The van der Waals surface area contributed by atoms with Crippen LogP contribution in [0.1, 0.15) is 23.8 Å². The molecule has 7 heteroatoms. The van der Waals surface area contributed by atoms with Crippen LogP contribution in [0.2, 0.25) is 10.0 Å². The standard InChI is InChI=1S/C19H15Cl2N3O2/c20-15-6-4-13(5-7-15)18-22-19(26-23-18)14-9-17(25)24(11-14)10-12-2-1-3-16(21)8-12/h1-8,14H,9-11H2. The Morgan fingerprint density at radius 3 is 2.69 bits per heavy atom.